The SMILES string of the molecule is COc1ccc(N=C(C)c2c(-c3ccccc3)[nH]n(-c3ccccc3)c2=O)cc1. The van der Waals surface area contributed by atoms with Crippen LogP contribution in [0, 0.1) is 0 Å². The molecule has 0 bridgehead atoms. The smallest absolute Gasteiger partial charge is 0.280 e. The van der Waals surface area contributed by atoms with Gasteiger partial charge in [-0.2, -0.15) is 0 Å². The quantitative estimate of drug-likeness (QED) is 0.494. The highest BCUT2D eigenvalue weighted by Gasteiger charge is 2.19. The molecule has 0 aliphatic rings. The zero-order valence-electron chi connectivity index (χ0n) is 16.3. The van der Waals surface area contributed by atoms with Gasteiger partial charge in [-0.25, -0.2) is 4.68 Å². The molecule has 0 saturated heterocycles. The zero-order chi connectivity index (χ0) is 20.2. The molecule has 1 heterocycles. The van der Waals surface area contributed by atoms with Crippen LogP contribution in [-0.4, -0.2) is 22.6 Å². The van der Waals surface area contributed by atoms with E-state index in [4.69, 9.17) is 4.74 Å². The van der Waals surface area contributed by atoms with Crippen LogP contribution in [-0.2, 0) is 0 Å². The van der Waals surface area contributed by atoms with Crippen LogP contribution in [0.2, 0.25) is 0 Å². The molecule has 0 radical (unpaired) electrons. The minimum atomic E-state index is -0.134. The van der Waals surface area contributed by atoms with E-state index in [2.05, 4.69) is 10.1 Å². The predicted octanol–water partition coefficient (Wildman–Crippen LogP) is 4.98. The summed E-state index contributed by atoms with van der Waals surface area (Å²) in [5.41, 5.74) is 4.27. The number of H-pyrrole nitrogens is 1. The second-order valence-electron chi connectivity index (χ2n) is 6.60. The number of methoxy groups -OCH3 is 1. The molecule has 144 valence electrons. The molecule has 1 N–H and O–H groups in total. The van der Waals surface area contributed by atoms with Crippen molar-refractivity contribution >= 4 is 11.4 Å². The molecule has 5 heteroatoms. The van der Waals surface area contributed by atoms with Crippen molar-refractivity contribution in [3.8, 4) is 22.7 Å². The summed E-state index contributed by atoms with van der Waals surface area (Å²) in [5.74, 6) is 0.764. The van der Waals surface area contributed by atoms with E-state index in [9.17, 15) is 4.79 Å². The number of aliphatic imine (C=N–C) groups is 1. The first-order chi connectivity index (χ1) is 14.2. The highest BCUT2D eigenvalue weighted by molar-refractivity contribution is 6.04. The van der Waals surface area contributed by atoms with Gasteiger partial charge >= 0.3 is 0 Å². The first-order valence-electron chi connectivity index (χ1n) is 9.33. The molecule has 0 aliphatic carbocycles. The third kappa shape index (κ3) is 3.75. The molecule has 0 spiro atoms. The highest BCUT2D eigenvalue weighted by atomic mass is 16.5. The maximum absolute atomic E-state index is 13.3. The maximum Gasteiger partial charge on any atom is 0.280 e. The second kappa shape index (κ2) is 8.02. The topological polar surface area (TPSA) is 59.4 Å². The van der Waals surface area contributed by atoms with Gasteiger partial charge in [0.25, 0.3) is 5.56 Å². The van der Waals surface area contributed by atoms with Gasteiger partial charge < -0.3 is 4.74 Å². The Morgan fingerprint density at radius 3 is 2.14 bits per heavy atom. The lowest BCUT2D eigenvalue weighted by Gasteiger charge is -2.04. The van der Waals surface area contributed by atoms with Crippen LogP contribution < -0.4 is 10.3 Å². The van der Waals surface area contributed by atoms with E-state index in [1.807, 2.05) is 91.9 Å². The Labute approximate surface area is 168 Å². The van der Waals surface area contributed by atoms with Crippen LogP contribution in [0.25, 0.3) is 16.9 Å². The van der Waals surface area contributed by atoms with Gasteiger partial charge in [-0.3, -0.25) is 14.9 Å². The Bertz CT molecular complexity index is 1190. The van der Waals surface area contributed by atoms with Crippen LogP contribution in [0.1, 0.15) is 12.5 Å². The van der Waals surface area contributed by atoms with Crippen LogP contribution in [0.4, 0.5) is 5.69 Å². The summed E-state index contributed by atoms with van der Waals surface area (Å²) in [5, 5.41) is 3.27. The largest absolute Gasteiger partial charge is 0.497 e. The van der Waals surface area contributed by atoms with Crippen LogP contribution in [0.15, 0.2) is 94.7 Å². The zero-order valence-corrected chi connectivity index (χ0v) is 16.3. The lowest BCUT2D eigenvalue weighted by molar-refractivity contribution is 0.415. The summed E-state index contributed by atoms with van der Waals surface area (Å²) < 4.78 is 6.76. The molecular formula is C24H21N3O2. The number of nitrogens with zero attached hydrogens (tertiary/aromatic N) is 2. The number of rotatable bonds is 5. The molecule has 4 rings (SSSR count). The predicted molar refractivity (Wildman–Crippen MR) is 117 cm³/mol. The third-order valence-electron chi connectivity index (χ3n) is 4.70. The standard InChI is InChI=1S/C24H21N3O2/c1-17(25-19-13-15-21(29-2)16-14-19)22-23(18-9-5-3-6-10-18)26-27(24(22)28)20-11-7-4-8-12-20/h3-16,26H,1-2H3. The summed E-state index contributed by atoms with van der Waals surface area (Å²) in [4.78, 5) is 18.0. The van der Waals surface area contributed by atoms with Gasteiger partial charge in [0.2, 0.25) is 0 Å². The number of aromatic amines is 1. The summed E-state index contributed by atoms with van der Waals surface area (Å²) in [6.45, 7) is 1.86. The van der Waals surface area contributed by atoms with Gasteiger partial charge in [-0.1, -0.05) is 48.5 Å². The Morgan fingerprint density at radius 2 is 1.52 bits per heavy atom. The minimum Gasteiger partial charge on any atom is -0.497 e. The molecule has 4 aromatic rings. The average molecular weight is 383 g/mol. The molecule has 0 unspecified atom stereocenters. The first kappa shape index (κ1) is 18.5. The highest BCUT2D eigenvalue weighted by Crippen LogP contribution is 2.24. The monoisotopic (exact) mass is 383 g/mol. The summed E-state index contributed by atoms with van der Waals surface area (Å²) in [6, 6.07) is 26.8. The second-order valence-corrected chi connectivity index (χ2v) is 6.60. The molecular weight excluding hydrogens is 362 g/mol. The van der Waals surface area contributed by atoms with E-state index in [1.165, 1.54) is 0 Å². The van der Waals surface area contributed by atoms with Crippen molar-refractivity contribution in [2.24, 2.45) is 4.99 Å². The number of hydrogen-bond acceptors (Lipinski definition) is 3. The van der Waals surface area contributed by atoms with Crippen LogP contribution in [0.3, 0.4) is 0 Å². The van der Waals surface area contributed by atoms with E-state index >= 15 is 0 Å². The van der Waals surface area contributed by atoms with E-state index in [-0.39, 0.29) is 5.56 Å². The maximum atomic E-state index is 13.3. The fourth-order valence-electron chi connectivity index (χ4n) is 3.25. The molecule has 1 aromatic heterocycles. The lowest BCUT2D eigenvalue weighted by atomic mass is 10.1. The van der Waals surface area contributed by atoms with E-state index in [0.717, 1.165) is 28.4 Å². The van der Waals surface area contributed by atoms with Crippen molar-refractivity contribution in [3.63, 3.8) is 0 Å². The van der Waals surface area contributed by atoms with Crippen molar-refractivity contribution in [1.29, 1.82) is 0 Å². The van der Waals surface area contributed by atoms with Gasteiger partial charge in [-0.15, -0.1) is 0 Å². The molecule has 0 amide bonds. The third-order valence-corrected chi connectivity index (χ3v) is 4.70. The van der Waals surface area contributed by atoms with Gasteiger partial charge in [0.1, 0.15) is 5.75 Å². The summed E-state index contributed by atoms with van der Waals surface area (Å²) >= 11 is 0. The first-order valence-corrected chi connectivity index (χ1v) is 9.33. The van der Waals surface area contributed by atoms with Crippen LogP contribution >= 0.6 is 0 Å². The number of hydrogen-bond donors (Lipinski definition) is 1. The van der Waals surface area contributed by atoms with Gasteiger partial charge in [0, 0.05) is 5.56 Å². The molecule has 0 fully saturated rings. The molecule has 3 aromatic carbocycles. The fourth-order valence-corrected chi connectivity index (χ4v) is 3.25. The molecule has 5 nitrogen and oxygen atoms in total. The summed E-state index contributed by atoms with van der Waals surface area (Å²) in [6.07, 6.45) is 0. The number of nitrogens with one attached hydrogen (secondary N) is 1. The molecule has 0 saturated carbocycles. The van der Waals surface area contributed by atoms with Crippen molar-refractivity contribution in [2.75, 3.05) is 7.11 Å². The number of aromatic nitrogens is 2. The Balaban J connectivity index is 1.87. The van der Waals surface area contributed by atoms with Gasteiger partial charge in [0.15, 0.2) is 0 Å². The van der Waals surface area contributed by atoms with Gasteiger partial charge in [-0.05, 0) is 43.3 Å². The average Bonchev–Trinajstić information content (AvgIpc) is 3.13. The van der Waals surface area contributed by atoms with Crippen molar-refractivity contribution in [2.45, 2.75) is 6.92 Å². The minimum absolute atomic E-state index is 0.134. The molecule has 0 atom stereocenters. The summed E-state index contributed by atoms with van der Waals surface area (Å²) in [7, 11) is 1.63. The molecule has 0 aliphatic heterocycles. The van der Waals surface area contributed by atoms with Crippen molar-refractivity contribution in [1.82, 2.24) is 9.78 Å². The fraction of sp³-hybridized carbons (Fsp3) is 0.0833. The number of benzene rings is 3. The van der Waals surface area contributed by atoms with E-state index in [0.29, 0.717) is 11.3 Å². The number of ether oxygens (including phenoxy) is 1. The Kier molecular flexibility index (Phi) is 5.12. The normalized spacial score (nSPS) is 11.4. The Hall–Kier alpha value is -3.86. The van der Waals surface area contributed by atoms with Crippen molar-refractivity contribution < 1.29 is 4.74 Å². The van der Waals surface area contributed by atoms with E-state index in [1.54, 1.807) is 11.8 Å². The lowest BCUT2D eigenvalue weighted by Crippen LogP contribution is -2.19. The number of para-hydroxylation sites is 1. The van der Waals surface area contributed by atoms with Gasteiger partial charge in [0.05, 0.1) is 35.5 Å². The van der Waals surface area contributed by atoms with Crippen LogP contribution in [0.5, 0.6) is 5.75 Å². The van der Waals surface area contributed by atoms with Crippen molar-refractivity contribution in [3.05, 3.63) is 101 Å². The Morgan fingerprint density at radius 1 is 0.897 bits per heavy atom. The molecule has 29 heavy (non-hydrogen) atoms. The van der Waals surface area contributed by atoms with E-state index < -0.39 is 0 Å².